The van der Waals surface area contributed by atoms with Crippen molar-refractivity contribution in [1.29, 1.82) is 0 Å². The van der Waals surface area contributed by atoms with Gasteiger partial charge in [0.15, 0.2) is 0 Å². The number of sulfonamides is 1. The SMILES string of the molecule is COc1cc(OC)c(NS(=O)(=O)c2cc(C(=O)N(C)C(C)CC(C)C)ccc2C)cc1Cl. The molecular formula is C23H31ClN2O5S. The summed E-state index contributed by atoms with van der Waals surface area (Å²) in [5.74, 6) is 0.806. The maximum Gasteiger partial charge on any atom is 0.262 e. The van der Waals surface area contributed by atoms with Gasteiger partial charge in [-0.15, -0.1) is 0 Å². The first-order valence-corrected chi connectivity index (χ1v) is 12.1. The quantitative estimate of drug-likeness (QED) is 0.545. The minimum atomic E-state index is -4.03. The second-order valence-electron chi connectivity index (χ2n) is 8.17. The summed E-state index contributed by atoms with van der Waals surface area (Å²) in [6, 6.07) is 7.60. The average Bonchev–Trinajstić information content (AvgIpc) is 2.72. The Bertz CT molecular complexity index is 1090. The Kier molecular flexibility index (Phi) is 8.42. The van der Waals surface area contributed by atoms with E-state index in [-0.39, 0.29) is 33.3 Å². The molecule has 0 radical (unpaired) electrons. The van der Waals surface area contributed by atoms with Crippen molar-refractivity contribution in [2.45, 2.75) is 45.1 Å². The van der Waals surface area contributed by atoms with E-state index in [1.165, 1.54) is 32.4 Å². The highest BCUT2D eigenvalue weighted by Crippen LogP contribution is 2.37. The van der Waals surface area contributed by atoms with E-state index in [1.54, 1.807) is 31.0 Å². The van der Waals surface area contributed by atoms with Crippen molar-refractivity contribution in [3.63, 3.8) is 0 Å². The molecule has 1 atom stereocenters. The number of anilines is 1. The Balaban J connectivity index is 2.41. The van der Waals surface area contributed by atoms with Crippen LogP contribution in [0.3, 0.4) is 0 Å². The molecule has 0 fully saturated rings. The van der Waals surface area contributed by atoms with Crippen LogP contribution in [0, 0.1) is 12.8 Å². The van der Waals surface area contributed by atoms with Gasteiger partial charge >= 0.3 is 0 Å². The van der Waals surface area contributed by atoms with E-state index in [4.69, 9.17) is 21.1 Å². The normalized spacial score (nSPS) is 12.4. The van der Waals surface area contributed by atoms with Crippen molar-refractivity contribution in [1.82, 2.24) is 4.90 Å². The highest BCUT2D eigenvalue weighted by Gasteiger charge is 2.24. The molecular weight excluding hydrogens is 452 g/mol. The van der Waals surface area contributed by atoms with Gasteiger partial charge in [0.05, 0.1) is 29.8 Å². The lowest BCUT2D eigenvalue weighted by atomic mass is 10.0. The molecule has 0 aliphatic rings. The number of nitrogens with zero attached hydrogens (tertiary/aromatic N) is 1. The number of amides is 1. The largest absolute Gasteiger partial charge is 0.495 e. The van der Waals surface area contributed by atoms with Gasteiger partial charge in [-0.3, -0.25) is 9.52 Å². The molecule has 0 spiro atoms. The van der Waals surface area contributed by atoms with Gasteiger partial charge in [0.1, 0.15) is 11.5 Å². The Morgan fingerprint density at radius 1 is 1.09 bits per heavy atom. The number of hydrogen-bond acceptors (Lipinski definition) is 5. The van der Waals surface area contributed by atoms with E-state index in [2.05, 4.69) is 18.6 Å². The lowest BCUT2D eigenvalue weighted by molar-refractivity contribution is 0.0728. The molecule has 9 heteroatoms. The molecule has 1 N–H and O–H groups in total. The Morgan fingerprint density at radius 3 is 2.28 bits per heavy atom. The Labute approximate surface area is 195 Å². The first-order valence-electron chi connectivity index (χ1n) is 10.2. The highest BCUT2D eigenvalue weighted by molar-refractivity contribution is 7.92. The van der Waals surface area contributed by atoms with Crippen LogP contribution in [0.5, 0.6) is 11.5 Å². The summed E-state index contributed by atoms with van der Waals surface area (Å²) in [5.41, 5.74) is 0.969. The number of methoxy groups -OCH3 is 2. The van der Waals surface area contributed by atoms with Crippen LogP contribution in [0.25, 0.3) is 0 Å². The molecule has 0 bridgehead atoms. The summed E-state index contributed by atoms with van der Waals surface area (Å²) in [7, 11) is 0.564. The van der Waals surface area contributed by atoms with E-state index in [0.29, 0.717) is 22.8 Å². The number of carbonyl (C=O) groups excluding carboxylic acids is 1. The summed E-state index contributed by atoms with van der Waals surface area (Å²) >= 11 is 6.17. The molecule has 2 aromatic rings. The molecule has 0 aliphatic heterocycles. The van der Waals surface area contributed by atoms with Crippen molar-refractivity contribution in [3.05, 3.63) is 46.5 Å². The zero-order valence-electron chi connectivity index (χ0n) is 19.5. The van der Waals surface area contributed by atoms with Crippen molar-refractivity contribution in [3.8, 4) is 11.5 Å². The topological polar surface area (TPSA) is 84.9 Å². The zero-order valence-corrected chi connectivity index (χ0v) is 21.1. The Hall–Kier alpha value is -2.45. The minimum absolute atomic E-state index is 0.00209. The average molecular weight is 483 g/mol. The lowest BCUT2D eigenvalue weighted by Crippen LogP contribution is -2.36. The molecule has 2 rings (SSSR count). The minimum Gasteiger partial charge on any atom is -0.495 e. The molecule has 0 heterocycles. The van der Waals surface area contributed by atoms with Crippen LogP contribution in [-0.2, 0) is 10.0 Å². The second-order valence-corrected chi connectivity index (χ2v) is 10.2. The van der Waals surface area contributed by atoms with Gasteiger partial charge in [0.25, 0.3) is 15.9 Å². The fourth-order valence-electron chi connectivity index (χ4n) is 3.41. The standard InChI is InChI=1S/C23H31ClN2O5S/c1-14(2)10-16(4)26(5)23(27)17-9-8-15(3)22(11-17)32(28,29)25-19-12-18(24)20(30-6)13-21(19)31-7/h8-9,11-14,16,25H,10H2,1-7H3. The molecule has 0 saturated heterocycles. The molecule has 0 aromatic heterocycles. The van der Waals surface area contributed by atoms with Crippen LogP contribution in [-0.4, -0.2) is 46.5 Å². The fourth-order valence-corrected chi connectivity index (χ4v) is 4.98. The number of rotatable bonds is 9. The van der Waals surface area contributed by atoms with Crippen LogP contribution in [0.2, 0.25) is 5.02 Å². The van der Waals surface area contributed by atoms with Crippen molar-refractivity contribution in [2.75, 3.05) is 26.0 Å². The monoisotopic (exact) mass is 482 g/mol. The third kappa shape index (κ3) is 5.86. The molecule has 7 nitrogen and oxygen atoms in total. The van der Waals surface area contributed by atoms with Gasteiger partial charge < -0.3 is 14.4 Å². The van der Waals surface area contributed by atoms with Crippen LogP contribution in [0.4, 0.5) is 5.69 Å². The van der Waals surface area contributed by atoms with Crippen molar-refractivity contribution >= 4 is 33.2 Å². The van der Waals surface area contributed by atoms with Gasteiger partial charge in [-0.2, -0.15) is 0 Å². The number of benzene rings is 2. The molecule has 0 saturated carbocycles. The lowest BCUT2D eigenvalue weighted by Gasteiger charge is -2.26. The van der Waals surface area contributed by atoms with Crippen molar-refractivity contribution in [2.24, 2.45) is 5.92 Å². The molecule has 2 aromatic carbocycles. The maximum atomic E-state index is 13.2. The van der Waals surface area contributed by atoms with E-state index < -0.39 is 10.0 Å². The smallest absolute Gasteiger partial charge is 0.262 e. The van der Waals surface area contributed by atoms with Crippen LogP contribution in [0.1, 0.15) is 43.1 Å². The van der Waals surface area contributed by atoms with E-state index >= 15 is 0 Å². The maximum absolute atomic E-state index is 13.2. The van der Waals surface area contributed by atoms with E-state index in [9.17, 15) is 13.2 Å². The summed E-state index contributed by atoms with van der Waals surface area (Å²) < 4.78 is 39.4. The number of halogens is 1. The number of nitrogens with one attached hydrogen (secondary N) is 1. The van der Waals surface area contributed by atoms with Gasteiger partial charge in [-0.25, -0.2) is 8.42 Å². The number of aryl methyl sites for hydroxylation is 1. The number of carbonyl (C=O) groups is 1. The van der Waals surface area contributed by atoms with Gasteiger partial charge in [0.2, 0.25) is 0 Å². The summed E-state index contributed by atoms with van der Waals surface area (Å²) in [5, 5.41) is 0.229. The molecule has 176 valence electrons. The third-order valence-corrected chi connectivity index (χ3v) is 7.04. The Morgan fingerprint density at radius 2 is 1.72 bits per heavy atom. The highest BCUT2D eigenvalue weighted by atomic mass is 35.5. The second kappa shape index (κ2) is 10.4. The fraction of sp³-hybridized carbons (Fsp3) is 0.435. The summed E-state index contributed by atoms with van der Waals surface area (Å²) in [6.45, 7) is 7.84. The van der Waals surface area contributed by atoms with Gasteiger partial charge in [-0.1, -0.05) is 31.5 Å². The molecule has 0 aliphatic carbocycles. The van der Waals surface area contributed by atoms with Crippen LogP contribution >= 0.6 is 11.6 Å². The summed E-state index contributed by atoms with van der Waals surface area (Å²) in [6.07, 6.45) is 0.846. The first-order chi connectivity index (χ1) is 14.9. The third-order valence-electron chi connectivity index (χ3n) is 5.24. The van der Waals surface area contributed by atoms with E-state index in [1.807, 2.05) is 6.92 Å². The number of ether oxygens (including phenoxy) is 2. The van der Waals surface area contributed by atoms with Crippen LogP contribution in [0.15, 0.2) is 35.2 Å². The van der Waals surface area contributed by atoms with Crippen LogP contribution < -0.4 is 14.2 Å². The summed E-state index contributed by atoms with van der Waals surface area (Å²) in [4.78, 5) is 14.6. The van der Waals surface area contributed by atoms with Crippen molar-refractivity contribution < 1.29 is 22.7 Å². The van der Waals surface area contributed by atoms with Gasteiger partial charge in [-0.05, 0) is 49.9 Å². The predicted octanol–water partition coefficient (Wildman–Crippen LogP) is 4.97. The van der Waals surface area contributed by atoms with Gasteiger partial charge in [0, 0.05) is 24.7 Å². The number of hydrogen-bond donors (Lipinski definition) is 1. The first kappa shape index (κ1) is 25.8. The molecule has 1 amide bonds. The molecule has 32 heavy (non-hydrogen) atoms. The molecule has 1 unspecified atom stereocenters. The zero-order chi connectivity index (χ0) is 24.2. The predicted molar refractivity (Wildman–Crippen MR) is 128 cm³/mol. The van der Waals surface area contributed by atoms with E-state index in [0.717, 1.165) is 6.42 Å².